The van der Waals surface area contributed by atoms with E-state index in [1.165, 1.54) is 12.1 Å². The Bertz CT molecular complexity index is 710. The zero-order valence-electron chi connectivity index (χ0n) is 12.6. The first-order valence-electron chi connectivity index (χ1n) is 7.23. The molecule has 2 rings (SSSR count). The van der Waals surface area contributed by atoms with Crippen molar-refractivity contribution in [2.75, 3.05) is 0 Å². The number of carbonyl (C=O) groups is 1. The Labute approximate surface area is 134 Å². The lowest BCUT2D eigenvalue weighted by Gasteiger charge is -2.32. The molecule has 1 amide bonds. The van der Waals surface area contributed by atoms with E-state index in [4.69, 9.17) is 4.74 Å². The van der Waals surface area contributed by atoms with Crippen LogP contribution in [0.4, 0.5) is 10.5 Å². The lowest BCUT2D eigenvalue weighted by Crippen LogP contribution is -2.40. The highest BCUT2D eigenvalue weighted by atomic mass is 32.2. The van der Waals surface area contributed by atoms with Crippen LogP contribution in [0.25, 0.3) is 0 Å². The van der Waals surface area contributed by atoms with Gasteiger partial charge in [-0.15, -0.1) is 0 Å². The predicted molar refractivity (Wildman–Crippen MR) is 81.4 cm³/mol. The van der Waals surface area contributed by atoms with Crippen LogP contribution in [0.15, 0.2) is 29.2 Å². The zero-order valence-corrected chi connectivity index (χ0v) is 13.5. The second-order valence-electron chi connectivity index (χ2n) is 5.73. The van der Waals surface area contributed by atoms with Crippen molar-refractivity contribution in [3.63, 3.8) is 0 Å². The van der Waals surface area contributed by atoms with Crippen molar-refractivity contribution in [1.82, 2.24) is 4.72 Å². The van der Waals surface area contributed by atoms with Crippen LogP contribution in [0.1, 0.15) is 39.0 Å². The SMILES string of the molecule is CC1(OC(=O)NS(=O)(=O)c2ccccc2[N+](=O)[O-])CCCCC1. The van der Waals surface area contributed by atoms with Gasteiger partial charge in [0, 0.05) is 6.07 Å². The van der Waals surface area contributed by atoms with E-state index in [9.17, 15) is 23.3 Å². The first-order chi connectivity index (χ1) is 10.7. The average molecular weight is 342 g/mol. The van der Waals surface area contributed by atoms with Crippen LogP contribution < -0.4 is 4.72 Å². The molecule has 0 spiro atoms. The number of hydrogen-bond donors (Lipinski definition) is 1. The molecule has 9 heteroatoms. The van der Waals surface area contributed by atoms with Gasteiger partial charge < -0.3 is 4.74 Å². The third-order valence-electron chi connectivity index (χ3n) is 3.82. The molecule has 0 bridgehead atoms. The summed E-state index contributed by atoms with van der Waals surface area (Å²) in [6.45, 7) is 1.75. The standard InChI is InChI=1S/C14H18N2O6S/c1-14(9-5-2-6-10-14)22-13(17)15-23(20,21)12-8-4-3-7-11(12)16(18)19/h3-4,7-8H,2,5-6,9-10H2,1H3,(H,15,17). The molecule has 0 unspecified atom stereocenters. The number of nitrogens with zero attached hydrogens (tertiary/aromatic N) is 1. The Morgan fingerprint density at radius 3 is 2.48 bits per heavy atom. The summed E-state index contributed by atoms with van der Waals surface area (Å²) in [4.78, 5) is 21.4. The lowest BCUT2D eigenvalue weighted by molar-refractivity contribution is -0.387. The fourth-order valence-corrected chi connectivity index (χ4v) is 3.69. The molecule has 1 saturated carbocycles. The highest BCUT2D eigenvalue weighted by molar-refractivity contribution is 7.90. The highest BCUT2D eigenvalue weighted by Crippen LogP contribution is 2.31. The Balaban J connectivity index is 2.15. The van der Waals surface area contributed by atoms with E-state index >= 15 is 0 Å². The maximum Gasteiger partial charge on any atom is 0.421 e. The minimum absolute atomic E-state index is 0.573. The molecular formula is C14H18N2O6S. The first kappa shape index (κ1) is 17.2. The molecule has 1 fully saturated rings. The minimum Gasteiger partial charge on any atom is -0.443 e. The number of nitro benzene ring substituents is 1. The maximum atomic E-state index is 12.2. The number of amides is 1. The fourth-order valence-electron chi connectivity index (χ4n) is 2.65. The maximum absolute atomic E-state index is 12.2. The molecule has 23 heavy (non-hydrogen) atoms. The third-order valence-corrected chi connectivity index (χ3v) is 5.18. The number of carbonyl (C=O) groups excluding carboxylic acids is 1. The van der Waals surface area contributed by atoms with E-state index < -0.39 is 37.2 Å². The Morgan fingerprint density at radius 2 is 1.87 bits per heavy atom. The van der Waals surface area contributed by atoms with Gasteiger partial charge >= 0.3 is 6.09 Å². The molecule has 0 atom stereocenters. The molecule has 8 nitrogen and oxygen atoms in total. The minimum atomic E-state index is -4.38. The van der Waals surface area contributed by atoms with Crippen LogP contribution >= 0.6 is 0 Å². The Morgan fingerprint density at radius 1 is 1.26 bits per heavy atom. The molecule has 0 saturated heterocycles. The summed E-state index contributed by atoms with van der Waals surface area (Å²) in [6, 6.07) is 4.81. The quantitative estimate of drug-likeness (QED) is 0.664. The van der Waals surface area contributed by atoms with E-state index in [0.717, 1.165) is 31.4 Å². The van der Waals surface area contributed by atoms with E-state index in [1.807, 2.05) is 0 Å². The van der Waals surface area contributed by atoms with Crippen LogP contribution in [0.5, 0.6) is 0 Å². The second kappa shape index (κ2) is 6.53. The molecule has 1 aromatic rings. The van der Waals surface area contributed by atoms with Crippen LogP contribution in [0, 0.1) is 10.1 Å². The zero-order chi connectivity index (χ0) is 17.1. The van der Waals surface area contributed by atoms with Crippen LogP contribution in [0.2, 0.25) is 0 Å². The van der Waals surface area contributed by atoms with Gasteiger partial charge in [0.25, 0.3) is 15.7 Å². The van der Waals surface area contributed by atoms with E-state index in [0.29, 0.717) is 12.8 Å². The summed E-state index contributed by atoms with van der Waals surface area (Å²) >= 11 is 0. The van der Waals surface area contributed by atoms with Gasteiger partial charge in [0.05, 0.1) is 4.92 Å². The Hall–Kier alpha value is -2.16. The molecular weight excluding hydrogens is 324 g/mol. The van der Waals surface area contributed by atoms with Crippen molar-refractivity contribution < 1.29 is 22.9 Å². The van der Waals surface area contributed by atoms with Crippen molar-refractivity contribution in [3.8, 4) is 0 Å². The number of benzene rings is 1. The number of para-hydroxylation sites is 1. The van der Waals surface area contributed by atoms with Crippen molar-refractivity contribution >= 4 is 21.8 Å². The van der Waals surface area contributed by atoms with E-state index in [1.54, 1.807) is 11.6 Å². The average Bonchev–Trinajstić information content (AvgIpc) is 2.46. The summed E-state index contributed by atoms with van der Waals surface area (Å²) in [7, 11) is -4.38. The van der Waals surface area contributed by atoms with Gasteiger partial charge in [0.2, 0.25) is 0 Å². The van der Waals surface area contributed by atoms with Gasteiger partial charge in [0.15, 0.2) is 4.90 Å². The van der Waals surface area contributed by atoms with Gasteiger partial charge in [0.1, 0.15) is 5.60 Å². The van der Waals surface area contributed by atoms with Crippen molar-refractivity contribution in [2.24, 2.45) is 0 Å². The molecule has 0 aromatic heterocycles. The number of hydrogen-bond acceptors (Lipinski definition) is 6. The molecule has 0 aliphatic heterocycles. The topological polar surface area (TPSA) is 116 Å². The summed E-state index contributed by atoms with van der Waals surface area (Å²) in [6.07, 6.45) is 3.06. The van der Waals surface area contributed by atoms with Gasteiger partial charge in [-0.1, -0.05) is 18.6 Å². The summed E-state index contributed by atoms with van der Waals surface area (Å²) in [5.41, 5.74) is -1.31. The third kappa shape index (κ3) is 4.19. The molecule has 1 aromatic carbocycles. The fraction of sp³-hybridized carbons (Fsp3) is 0.500. The Kier molecular flexibility index (Phi) is 4.88. The van der Waals surface area contributed by atoms with Gasteiger partial charge in [-0.3, -0.25) is 10.1 Å². The van der Waals surface area contributed by atoms with Gasteiger partial charge in [-0.2, -0.15) is 0 Å². The molecule has 1 N–H and O–H groups in total. The predicted octanol–water partition coefficient (Wildman–Crippen LogP) is 2.73. The molecule has 0 heterocycles. The van der Waals surface area contributed by atoms with Crippen molar-refractivity contribution in [2.45, 2.75) is 49.5 Å². The number of rotatable bonds is 4. The summed E-state index contributed by atoms with van der Waals surface area (Å²) in [5.74, 6) is 0. The normalized spacial score (nSPS) is 17.3. The smallest absolute Gasteiger partial charge is 0.421 e. The van der Waals surface area contributed by atoms with Crippen LogP contribution in [-0.4, -0.2) is 25.0 Å². The van der Waals surface area contributed by atoms with Gasteiger partial charge in [-0.05, 0) is 38.7 Å². The van der Waals surface area contributed by atoms with Crippen LogP contribution in [0.3, 0.4) is 0 Å². The molecule has 1 aliphatic rings. The number of nitrogens with one attached hydrogen (secondary N) is 1. The number of sulfonamides is 1. The number of nitro groups is 1. The first-order valence-corrected chi connectivity index (χ1v) is 8.71. The van der Waals surface area contributed by atoms with Crippen molar-refractivity contribution in [1.29, 1.82) is 0 Å². The van der Waals surface area contributed by atoms with E-state index in [-0.39, 0.29) is 0 Å². The monoisotopic (exact) mass is 342 g/mol. The van der Waals surface area contributed by atoms with Crippen LogP contribution in [-0.2, 0) is 14.8 Å². The number of ether oxygens (including phenoxy) is 1. The molecule has 126 valence electrons. The largest absolute Gasteiger partial charge is 0.443 e. The molecule has 0 radical (unpaired) electrons. The summed E-state index contributed by atoms with van der Waals surface area (Å²) < 4.78 is 31.4. The lowest BCUT2D eigenvalue weighted by atomic mass is 9.86. The van der Waals surface area contributed by atoms with E-state index in [2.05, 4.69) is 0 Å². The highest BCUT2D eigenvalue weighted by Gasteiger charge is 2.33. The molecule has 1 aliphatic carbocycles. The summed E-state index contributed by atoms with van der Waals surface area (Å²) in [5, 5.41) is 10.9. The van der Waals surface area contributed by atoms with Gasteiger partial charge in [-0.25, -0.2) is 17.9 Å². The second-order valence-corrected chi connectivity index (χ2v) is 7.38. The van der Waals surface area contributed by atoms with Crippen molar-refractivity contribution in [3.05, 3.63) is 34.4 Å².